The summed E-state index contributed by atoms with van der Waals surface area (Å²) in [5, 5.41) is 17.9. The Morgan fingerprint density at radius 3 is 2.15 bits per heavy atom. The van der Waals surface area contributed by atoms with Crippen molar-refractivity contribution in [3.8, 4) is 5.75 Å². The van der Waals surface area contributed by atoms with Gasteiger partial charge in [0.1, 0.15) is 11.6 Å². The molecule has 0 saturated carbocycles. The highest BCUT2D eigenvalue weighted by Crippen LogP contribution is 2.15. The van der Waals surface area contributed by atoms with Crippen LogP contribution in [0.4, 0.5) is 4.39 Å². The molecule has 0 aliphatic heterocycles. The Labute approximate surface area is 114 Å². The highest BCUT2D eigenvalue weighted by atomic mass is 19.1. The van der Waals surface area contributed by atoms with Crippen LogP contribution in [0.25, 0.3) is 0 Å². The molecule has 0 unspecified atom stereocenters. The Balaban J connectivity index is 2.19. The second-order valence-corrected chi connectivity index (χ2v) is 4.26. The molecule has 2 aromatic carbocycles. The van der Waals surface area contributed by atoms with Crippen molar-refractivity contribution in [1.29, 1.82) is 0 Å². The van der Waals surface area contributed by atoms with Gasteiger partial charge in [-0.1, -0.05) is 6.07 Å². The van der Waals surface area contributed by atoms with Gasteiger partial charge in [0.15, 0.2) is 5.78 Å². The molecule has 0 atom stereocenters. The molecule has 5 heteroatoms. The van der Waals surface area contributed by atoms with Gasteiger partial charge >= 0.3 is 5.97 Å². The van der Waals surface area contributed by atoms with Crippen LogP contribution in [0, 0.1) is 5.82 Å². The van der Waals surface area contributed by atoms with Crippen molar-refractivity contribution in [3.05, 3.63) is 65.0 Å². The van der Waals surface area contributed by atoms with Gasteiger partial charge in [0.05, 0.1) is 5.56 Å². The number of phenols is 1. The van der Waals surface area contributed by atoms with E-state index in [1.807, 2.05) is 0 Å². The van der Waals surface area contributed by atoms with Crippen LogP contribution in [-0.4, -0.2) is 22.0 Å². The Bertz CT molecular complexity index is 662. The molecule has 2 rings (SSSR count). The first-order chi connectivity index (χ1) is 9.47. The molecule has 0 saturated heterocycles. The lowest BCUT2D eigenvalue weighted by Gasteiger charge is -2.04. The van der Waals surface area contributed by atoms with Crippen molar-refractivity contribution in [2.75, 3.05) is 0 Å². The number of carboxylic acid groups (broad SMARTS) is 1. The van der Waals surface area contributed by atoms with E-state index in [1.165, 1.54) is 36.4 Å². The summed E-state index contributed by atoms with van der Waals surface area (Å²) in [4.78, 5) is 22.6. The number of halogens is 1. The van der Waals surface area contributed by atoms with Crippen LogP contribution in [0.15, 0.2) is 42.5 Å². The second-order valence-electron chi connectivity index (χ2n) is 4.26. The number of hydrogen-bond donors (Lipinski definition) is 2. The Kier molecular flexibility index (Phi) is 3.79. The van der Waals surface area contributed by atoms with Gasteiger partial charge in [-0.25, -0.2) is 9.18 Å². The second kappa shape index (κ2) is 5.52. The number of carbonyl (C=O) groups is 2. The Hall–Kier alpha value is -2.69. The third kappa shape index (κ3) is 3.00. The van der Waals surface area contributed by atoms with Gasteiger partial charge in [0.25, 0.3) is 0 Å². The smallest absolute Gasteiger partial charge is 0.335 e. The van der Waals surface area contributed by atoms with Crippen molar-refractivity contribution in [1.82, 2.24) is 0 Å². The van der Waals surface area contributed by atoms with Gasteiger partial charge in [-0.05, 0) is 42.0 Å². The molecule has 2 N–H and O–H groups in total. The van der Waals surface area contributed by atoms with E-state index in [9.17, 15) is 14.0 Å². The third-order valence-corrected chi connectivity index (χ3v) is 2.84. The molecule has 20 heavy (non-hydrogen) atoms. The molecular weight excluding hydrogens is 263 g/mol. The zero-order chi connectivity index (χ0) is 14.7. The molecule has 0 fully saturated rings. The van der Waals surface area contributed by atoms with Crippen LogP contribution < -0.4 is 0 Å². The van der Waals surface area contributed by atoms with E-state index in [0.29, 0.717) is 5.56 Å². The SMILES string of the molecule is O=C(O)c1ccc(CC(=O)c2ccc(O)cc2)c(F)c1. The summed E-state index contributed by atoms with van der Waals surface area (Å²) in [6.45, 7) is 0. The first kappa shape index (κ1) is 13.7. The number of Topliss-reactive ketones (excluding diaryl/α,β-unsaturated/α-hetero) is 1. The van der Waals surface area contributed by atoms with E-state index in [4.69, 9.17) is 10.2 Å². The summed E-state index contributed by atoms with van der Waals surface area (Å²) in [5.41, 5.74) is 0.320. The maximum Gasteiger partial charge on any atom is 0.335 e. The maximum atomic E-state index is 13.7. The highest BCUT2D eigenvalue weighted by Gasteiger charge is 2.13. The fourth-order valence-electron chi connectivity index (χ4n) is 1.75. The zero-order valence-corrected chi connectivity index (χ0v) is 10.3. The number of rotatable bonds is 4. The third-order valence-electron chi connectivity index (χ3n) is 2.84. The summed E-state index contributed by atoms with van der Waals surface area (Å²) in [5.74, 6) is -2.22. The summed E-state index contributed by atoms with van der Waals surface area (Å²) >= 11 is 0. The zero-order valence-electron chi connectivity index (χ0n) is 10.3. The molecule has 0 amide bonds. The van der Waals surface area contributed by atoms with Crippen LogP contribution in [0.3, 0.4) is 0 Å². The van der Waals surface area contributed by atoms with Gasteiger partial charge in [0, 0.05) is 12.0 Å². The minimum Gasteiger partial charge on any atom is -0.508 e. The molecule has 0 bridgehead atoms. The van der Waals surface area contributed by atoms with Crippen LogP contribution in [-0.2, 0) is 6.42 Å². The van der Waals surface area contributed by atoms with Crippen molar-refractivity contribution in [2.45, 2.75) is 6.42 Å². The van der Waals surface area contributed by atoms with Gasteiger partial charge in [-0.15, -0.1) is 0 Å². The van der Waals surface area contributed by atoms with Crippen LogP contribution >= 0.6 is 0 Å². The number of ketones is 1. The van der Waals surface area contributed by atoms with E-state index in [-0.39, 0.29) is 29.1 Å². The average Bonchev–Trinajstić information content (AvgIpc) is 2.41. The van der Waals surface area contributed by atoms with E-state index in [0.717, 1.165) is 6.07 Å². The first-order valence-electron chi connectivity index (χ1n) is 5.81. The topological polar surface area (TPSA) is 74.6 Å². The molecule has 102 valence electrons. The predicted octanol–water partition coefficient (Wildman–Crippen LogP) is 2.65. The number of hydrogen-bond acceptors (Lipinski definition) is 3. The number of phenolic OH excluding ortho intramolecular Hbond substituents is 1. The number of carbonyl (C=O) groups excluding carboxylic acids is 1. The molecule has 0 aromatic heterocycles. The number of aromatic carboxylic acids is 1. The fraction of sp³-hybridized carbons (Fsp3) is 0.0667. The van der Waals surface area contributed by atoms with Gasteiger partial charge in [-0.2, -0.15) is 0 Å². The quantitative estimate of drug-likeness (QED) is 0.840. The lowest BCUT2D eigenvalue weighted by atomic mass is 10.0. The minimum absolute atomic E-state index is 0.0403. The van der Waals surface area contributed by atoms with Crippen molar-refractivity contribution >= 4 is 11.8 Å². The van der Waals surface area contributed by atoms with Crippen LogP contribution in [0.1, 0.15) is 26.3 Å². The van der Waals surface area contributed by atoms with E-state index < -0.39 is 11.8 Å². The first-order valence-corrected chi connectivity index (χ1v) is 5.81. The lowest BCUT2D eigenvalue weighted by molar-refractivity contribution is 0.0696. The average molecular weight is 274 g/mol. The molecule has 4 nitrogen and oxygen atoms in total. The largest absolute Gasteiger partial charge is 0.508 e. The number of benzene rings is 2. The normalized spacial score (nSPS) is 10.2. The van der Waals surface area contributed by atoms with Crippen LogP contribution in [0.2, 0.25) is 0 Å². The van der Waals surface area contributed by atoms with E-state index in [1.54, 1.807) is 0 Å². The van der Waals surface area contributed by atoms with Gasteiger partial charge in [0.2, 0.25) is 0 Å². The maximum absolute atomic E-state index is 13.7. The van der Waals surface area contributed by atoms with E-state index >= 15 is 0 Å². The van der Waals surface area contributed by atoms with Crippen molar-refractivity contribution < 1.29 is 24.2 Å². The molecule has 0 aliphatic rings. The monoisotopic (exact) mass is 274 g/mol. The van der Waals surface area contributed by atoms with Gasteiger partial charge in [-0.3, -0.25) is 4.79 Å². The summed E-state index contributed by atoms with van der Waals surface area (Å²) in [6, 6.07) is 9.07. The summed E-state index contributed by atoms with van der Waals surface area (Å²) in [7, 11) is 0. The summed E-state index contributed by atoms with van der Waals surface area (Å²) in [6.07, 6.45) is -0.170. The Morgan fingerprint density at radius 1 is 1.00 bits per heavy atom. The molecule has 0 aliphatic carbocycles. The lowest BCUT2D eigenvalue weighted by Crippen LogP contribution is -2.06. The molecule has 0 radical (unpaired) electrons. The van der Waals surface area contributed by atoms with E-state index in [2.05, 4.69) is 0 Å². The highest BCUT2D eigenvalue weighted by molar-refractivity contribution is 5.97. The molecule has 0 heterocycles. The Morgan fingerprint density at radius 2 is 1.60 bits per heavy atom. The molecule has 0 spiro atoms. The summed E-state index contributed by atoms with van der Waals surface area (Å²) < 4.78 is 13.7. The molecular formula is C15H11FO4. The number of aromatic hydroxyl groups is 1. The standard InChI is InChI=1S/C15H11FO4/c16-13-7-11(15(19)20)2-1-10(13)8-14(18)9-3-5-12(17)6-4-9/h1-7,17H,8H2,(H,19,20). The van der Waals surface area contributed by atoms with Gasteiger partial charge < -0.3 is 10.2 Å². The predicted molar refractivity (Wildman–Crippen MR) is 69.5 cm³/mol. The number of carboxylic acids is 1. The van der Waals surface area contributed by atoms with Crippen molar-refractivity contribution in [3.63, 3.8) is 0 Å². The van der Waals surface area contributed by atoms with Crippen molar-refractivity contribution in [2.24, 2.45) is 0 Å². The molecule has 2 aromatic rings. The minimum atomic E-state index is -1.22. The fourth-order valence-corrected chi connectivity index (χ4v) is 1.75. The van der Waals surface area contributed by atoms with Crippen LogP contribution in [0.5, 0.6) is 5.75 Å².